The quantitative estimate of drug-likeness (QED) is 0.147. The van der Waals surface area contributed by atoms with Gasteiger partial charge in [-0.15, -0.1) is 0 Å². The molecule has 4 aromatic carbocycles. The summed E-state index contributed by atoms with van der Waals surface area (Å²) in [5.41, 5.74) is 0.770. The summed E-state index contributed by atoms with van der Waals surface area (Å²) in [7, 11) is 4.74. The van der Waals surface area contributed by atoms with Crippen molar-refractivity contribution >= 4 is 49.0 Å². The maximum absolute atomic E-state index is 14.2. The van der Waals surface area contributed by atoms with Crippen molar-refractivity contribution in [3.63, 3.8) is 0 Å². The van der Waals surface area contributed by atoms with Gasteiger partial charge in [-0.05, 0) is 0 Å². The molecular formula is C32H29INO4P. The topological polar surface area (TPSA) is 55.8 Å². The first-order chi connectivity index (χ1) is 18.9. The molecule has 5 rings (SSSR count). The van der Waals surface area contributed by atoms with Crippen LogP contribution in [0.1, 0.15) is 11.1 Å². The third kappa shape index (κ3) is 3.65. The van der Waals surface area contributed by atoms with E-state index in [9.17, 15) is 9.59 Å². The Labute approximate surface area is 241 Å². The van der Waals surface area contributed by atoms with Gasteiger partial charge in [-0.2, -0.15) is 0 Å². The van der Waals surface area contributed by atoms with Crippen LogP contribution in [0.2, 0.25) is 0 Å². The van der Waals surface area contributed by atoms with Crippen LogP contribution in [0.3, 0.4) is 0 Å². The van der Waals surface area contributed by atoms with Crippen molar-refractivity contribution in [2.75, 3.05) is 21.3 Å². The zero-order chi connectivity index (χ0) is 27.7. The van der Waals surface area contributed by atoms with Gasteiger partial charge in [0.2, 0.25) is 0 Å². The van der Waals surface area contributed by atoms with Crippen molar-refractivity contribution < 1.29 is 19.1 Å². The van der Waals surface area contributed by atoms with Gasteiger partial charge in [-0.1, -0.05) is 0 Å². The molecule has 1 aliphatic heterocycles. The van der Waals surface area contributed by atoms with Gasteiger partial charge in [0, 0.05) is 0 Å². The first kappa shape index (κ1) is 27.3. The minimum absolute atomic E-state index is 0.261. The average Bonchev–Trinajstić information content (AvgIpc) is 3.21. The Bertz CT molecular complexity index is 1460. The predicted molar refractivity (Wildman–Crippen MR) is 166 cm³/mol. The van der Waals surface area contributed by atoms with Crippen LogP contribution < -0.4 is 10.6 Å². The first-order valence-electron chi connectivity index (χ1n) is 12.5. The molecule has 39 heavy (non-hydrogen) atoms. The van der Waals surface area contributed by atoms with Crippen molar-refractivity contribution in [3.8, 4) is 0 Å². The fraction of sp³-hybridized carbons (Fsp3) is 0.125. The number of benzene rings is 4. The monoisotopic (exact) mass is 649 g/mol. The van der Waals surface area contributed by atoms with Crippen molar-refractivity contribution in [2.45, 2.75) is 5.54 Å². The standard InChI is InChI=1S/C32H29INO4P/c1-34-32(24-16-8-4-9-17-24,25-18-10-5-11-19-25)28(30(35)37-2)29(31(36)38-3)39(34,33,26-20-12-6-13-21-26)27-22-14-7-15-23-27/h4-23H,1-3H3. The summed E-state index contributed by atoms with van der Waals surface area (Å²) in [6.07, 6.45) is 0. The van der Waals surface area contributed by atoms with Gasteiger partial charge in [0.15, 0.2) is 0 Å². The van der Waals surface area contributed by atoms with Gasteiger partial charge in [0.1, 0.15) is 0 Å². The minimum atomic E-state index is -3.98. The molecule has 0 atom stereocenters. The number of likely N-dealkylation sites (N-methyl/N-ethyl adjacent to an activating group) is 1. The fourth-order valence-corrected chi connectivity index (χ4v) is 15.5. The van der Waals surface area contributed by atoms with Gasteiger partial charge < -0.3 is 0 Å². The third-order valence-electron chi connectivity index (χ3n) is 7.66. The molecule has 0 aromatic heterocycles. The number of hydrogen-bond acceptors (Lipinski definition) is 5. The second-order valence-electron chi connectivity index (χ2n) is 9.31. The summed E-state index contributed by atoms with van der Waals surface area (Å²) in [6, 6.07) is 39.6. The summed E-state index contributed by atoms with van der Waals surface area (Å²) >= 11 is 2.49. The number of nitrogens with zero attached hydrogens (tertiary/aromatic N) is 1. The van der Waals surface area contributed by atoms with Crippen LogP contribution in [0, 0.1) is 0 Å². The van der Waals surface area contributed by atoms with Crippen LogP contribution in [-0.2, 0) is 24.6 Å². The maximum atomic E-state index is 14.2. The zero-order valence-electron chi connectivity index (χ0n) is 22.0. The summed E-state index contributed by atoms with van der Waals surface area (Å²) < 4.78 is 9.32. The molecule has 1 heterocycles. The van der Waals surface area contributed by atoms with E-state index in [0.29, 0.717) is 5.31 Å². The van der Waals surface area contributed by atoms with E-state index in [1.807, 2.05) is 128 Å². The molecule has 0 unspecified atom stereocenters. The Morgan fingerprint density at radius 3 is 1.36 bits per heavy atom. The predicted octanol–water partition coefficient (Wildman–Crippen LogP) is 5.95. The Morgan fingerprint density at radius 1 is 0.641 bits per heavy atom. The van der Waals surface area contributed by atoms with Crippen LogP contribution in [0.25, 0.3) is 0 Å². The summed E-state index contributed by atoms with van der Waals surface area (Å²) in [4.78, 5) is 28.4. The molecule has 4 aromatic rings. The van der Waals surface area contributed by atoms with Crippen molar-refractivity contribution in [1.29, 1.82) is 0 Å². The molecule has 5 nitrogen and oxygen atoms in total. The Kier molecular flexibility index (Phi) is 7.23. The number of carbonyl (C=O) groups excluding carboxylic acids is 2. The number of hydrogen-bond donors (Lipinski definition) is 0. The Hall–Kier alpha value is -3.32. The number of esters is 2. The van der Waals surface area contributed by atoms with Crippen molar-refractivity contribution in [2.24, 2.45) is 0 Å². The molecule has 0 fully saturated rings. The average molecular weight is 649 g/mol. The molecule has 0 bridgehead atoms. The van der Waals surface area contributed by atoms with Crippen molar-refractivity contribution in [1.82, 2.24) is 4.67 Å². The van der Waals surface area contributed by atoms with Crippen LogP contribution in [0.15, 0.2) is 132 Å². The normalized spacial score (nSPS) is 18.5. The first-order valence-corrected chi connectivity index (χ1v) is 17.5. The molecule has 0 spiro atoms. The number of rotatable bonds is 6. The zero-order valence-corrected chi connectivity index (χ0v) is 25.0. The van der Waals surface area contributed by atoms with Crippen LogP contribution in [0.5, 0.6) is 0 Å². The molecule has 0 N–H and O–H groups in total. The van der Waals surface area contributed by atoms with E-state index in [4.69, 9.17) is 9.47 Å². The van der Waals surface area contributed by atoms with Gasteiger partial charge in [-0.3, -0.25) is 0 Å². The van der Waals surface area contributed by atoms with E-state index in [-0.39, 0.29) is 5.57 Å². The molecule has 198 valence electrons. The molecule has 0 saturated carbocycles. The summed E-state index contributed by atoms with van der Waals surface area (Å²) in [6.45, 7) is 0. The molecule has 0 radical (unpaired) electrons. The van der Waals surface area contributed by atoms with E-state index >= 15 is 0 Å². The molecule has 0 aliphatic carbocycles. The second-order valence-corrected chi connectivity index (χ2v) is 19.0. The second kappa shape index (κ2) is 10.3. The van der Waals surface area contributed by atoms with Crippen LogP contribution >= 0.6 is 26.4 Å². The molecule has 0 saturated heterocycles. The van der Waals surface area contributed by atoms with E-state index in [1.165, 1.54) is 14.2 Å². The van der Waals surface area contributed by atoms with Crippen LogP contribution in [-0.4, -0.2) is 37.9 Å². The van der Waals surface area contributed by atoms with E-state index in [1.54, 1.807) is 0 Å². The number of carbonyl (C=O) groups is 2. The van der Waals surface area contributed by atoms with Gasteiger partial charge in [0.25, 0.3) is 0 Å². The van der Waals surface area contributed by atoms with E-state index < -0.39 is 21.9 Å². The van der Waals surface area contributed by atoms with Gasteiger partial charge in [-0.25, -0.2) is 0 Å². The molecule has 0 amide bonds. The molecular weight excluding hydrogens is 620 g/mol. The summed E-state index contributed by atoms with van der Waals surface area (Å²) in [5, 5.41) is 2.17. The Morgan fingerprint density at radius 2 is 1.00 bits per heavy atom. The van der Waals surface area contributed by atoms with Gasteiger partial charge >= 0.3 is 243 Å². The van der Waals surface area contributed by atoms with Crippen LogP contribution in [0.4, 0.5) is 0 Å². The van der Waals surface area contributed by atoms with E-state index in [0.717, 1.165) is 21.7 Å². The number of ether oxygens (including phenoxy) is 2. The summed E-state index contributed by atoms with van der Waals surface area (Å²) in [5.74, 6) is -1.14. The SMILES string of the molecule is COC(=O)C1=C(C(=O)OC)P(I)(c2ccccc2)(c2ccccc2)N(C)C1(c1ccccc1)c1ccccc1. The van der Waals surface area contributed by atoms with E-state index in [2.05, 4.69) is 26.7 Å². The van der Waals surface area contributed by atoms with Gasteiger partial charge in [0.05, 0.1) is 0 Å². The fourth-order valence-electron chi connectivity index (χ4n) is 6.02. The molecule has 7 heteroatoms. The number of methoxy groups -OCH3 is 2. The number of halogens is 1. The Balaban J connectivity index is 2.12. The van der Waals surface area contributed by atoms with Crippen molar-refractivity contribution in [3.05, 3.63) is 143 Å². The third-order valence-corrected chi connectivity index (χ3v) is 19.5. The molecule has 1 aliphatic rings.